The number of nitrogens with zero attached hydrogens (tertiary/aromatic N) is 5. The van der Waals surface area contributed by atoms with Crippen molar-refractivity contribution in [2.24, 2.45) is 0 Å². The highest BCUT2D eigenvalue weighted by molar-refractivity contribution is 6.02. The third kappa shape index (κ3) is 26.0. The molecule has 2 fully saturated rings. The van der Waals surface area contributed by atoms with Gasteiger partial charge in [-0.25, -0.2) is 14.4 Å². The monoisotopic (exact) mass is 885 g/mol. The van der Waals surface area contributed by atoms with Crippen LogP contribution in [0, 0.1) is 0 Å². The molecule has 1 unspecified atom stereocenters. The highest BCUT2D eigenvalue weighted by Crippen LogP contribution is 2.14. The van der Waals surface area contributed by atoms with E-state index in [2.05, 4.69) is 24.7 Å². The van der Waals surface area contributed by atoms with Gasteiger partial charge in [-0.2, -0.15) is 0 Å². The Morgan fingerprint density at radius 3 is 1.69 bits per heavy atom. The third-order valence-corrected chi connectivity index (χ3v) is 7.26. The van der Waals surface area contributed by atoms with Crippen LogP contribution in [0.25, 0.3) is 11.0 Å². The fraction of sp³-hybridized carbons (Fsp3) is 0.650. The average Bonchev–Trinajstić information content (AvgIpc) is 3.92. The predicted molar refractivity (Wildman–Crippen MR) is 217 cm³/mol. The smallest absolute Gasteiger partial charge is 0.433 e. The summed E-state index contributed by atoms with van der Waals surface area (Å²) < 4.78 is 29.8. The summed E-state index contributed by atoms with van der Waals surface area (Å²) in [6.45, 7) is 18.8. The number of ether oxygens (including phenoxy) is 6. The second-order valence-electron chi connectivity index (χ2n) is 12.1. The van der Waals surface area contributed by atoms with Crippen molar-refractivity contribution in [1.82, 2.24) is 25.3 Å². The number of hydroxylamine groups is 4. The number of carbonyl (C=O) groups is 8. The zero-order valence-electron chi connectivity index (χ0n) is 36.9. The molecule has 0 spiro atoms. The van der Waals surface area contributed by atoms with Gasteiger partial charge in [0.1, 0.15) is 17.3 Å². The highest BCUT2D eigenvalue weighted by Gasteiger charge is 2.33. The van der Waals surface area contributed by atoms with E-state index < -0.39 is 41.7 Å². The van der Waals surface area contributed by atoms with Crippen molar-refractivity contribution in [3.8, 4) is 0 Å². The number of hydrogen-bond acceptors (Lipinski definition) is 19. The van der Waals surface area contributed by atoms with Gasteiger partial charge in [0.2, 0.25) is 0 Å². The van der Waals surface area contributed by atoms with Crippen molar-refractivity contribution >= 4 is 59.0 Å². The largest absolute Gasteiger partial charge is 0.535 e. The molecule has 0 N–H and O–H groups in total. The molecule has 350 valence electrons. The van der Waals surface area contributed by atoms with Gasteiger partial charge in [-0.1, -0.05) is 17.0 Å². The second-order valence-corrected chi connectivity index (χ2v) is 12.1. The SMILES string of the molecule is CCOC(=O)On1nnc2ccccc21.CCOCC(C)OCC.CCOCCC(=O)ON1C(=O)CCC1=O.CCOCCC=O.CCOCCCC(=O)ON1C(=O)CCC1=O. The lowest BCUT2D eigenvalue weighted by Gasteiger charge is -2.12. The van der Waals surface area contributed by atoms with E-state index in [1.807, 2.05) is 40.7 Å². The van der Waals surface area contributed by atoms with Crippen molar-refractivity contribution in [2.75, 3.05) is 66.1 Å². The van der Waals surface area contributed by atoms with Gasteiger partial charge < -0.3 is 42.9 Å². The Bertz CT molecular complexity index is 1590. The van der Waals surface area contributed by atoms with Gasteiger partial charge in [-0.05, 0) is 72.2 Å². The van der Waals surface area contributed by atoms with E-state index in [-0.39, 0.29) is 57.8 Å². The zero-order valence-corrected chi connectivity index (χ0v) is 36.9. The van der Waals surface area contributed by atoms with Crippen LogP contribution in [0.1, 0.15) is 99.8 Å². The van der Waals surface area contributed by atoms with Crippen LogP contribution in [0.2, 0.25) is 0 Å². The summed E-state index contributed by atoms with van der Waals surface area (Å²) in [6, 6.07) is 7.14. The Hall–Kier alpha value is -5.42. The molecule has 0 bridgehead atoms. The maximum Gasteiger partial charge on any atom is 0.535 e. The summed E-state index contributed by atoms with van der Waals surface area (Å²) in [7, 11) is 0. The number of rotatable bonds is 22. The van der Waals surface area contributed by atoms with Crippen molar-refractivity contribution in [3.05, 3.63) is 24.3 Å². The molecule has 4 amide bonds. The summed E-state index contributed by atoms with van der Waals surface area (Å²) in [5.41, 5.74) is 1.27. The van der Waals surface area contributed by atoms with Crippen molar-refractivity contribution in [1.29, 1.82) is 0 Å². The highest BCUT2D eigenvalue weighted by atomic mass is 16.8. The van der Waals surface area contributed by atoms with Crippen LogP contribution >= 0.6 is 0 Å². The fourth-order valence-electron chi connectivity index (χ4n) is 4.40. The lowest BCUT2D eigenvalue weighted by molar-refractivity contribution is -0.198. The number of benzene rings is 1. The Morgan fingerprint density at radius 2 is 1.18 bits per heavy atom. The lowest BCUT2D eigenvalue weighted by atomic mass is 10.3. The van der Waals surface area contributed by atoms with Crippen LogP contribution in [0.5, 0.6) is 0 Å². The molecule has 22 heteroatoms. The van der Waals surface area contributed by atoms with E-state index >= 15 is 0 Å². The first kappa shape index (κ1) is 56.6. The van der Waals surface area contributed by atoms with Gasteiger partial charge in [0.15, 0.2) is 0 Å². The number of carbonyl (C=O) groups excluding carboxylic acids is 8. The first-order chi connectivity index (χ1) is 29.8. The fourth-order valence-corrected chi connectivity index (χ4v) is 4.40. The Balaban J connectivity index is 0.000000773. The van der Waals surface area contributed by atoms with E-state index in [9.17, 15) is 38.4 Å². The molecule has 4 rings (SSSR count). The molecule has 22 nitrogen and oxygen atoms in total. The number of aromatic nitrogens is 3. The van der Waals surface area contributed by atoms with Crippen LogP contribution in [-0.2, 0) is 71.7 Å². The first-order valence-electron chi connectivity index (χ1n) is 20.5. The first-order valence-corrected chi connectivity index (χ1v) is 20.5. The van der Waals surface area contributed by atoms with Crippen molar-refractivity contribution in [2.45, 2.75) is 106 Å². The molecule has 2 aliphatic heterocycles. The number of fused-ring (bicyclic) bond motifs is 1. The molecular weight excluding hydrogens is 822 g/mol. The molecule has 3 heterocycles. The van der Waals surface area contributed by atoms with Gasteiger partial charge in [-0.3, -0.25) is 24.0 Å². The maximum atomic E-state index is 11.2. The number of imide groups is 2. The Labute approximate surface area is 361 Å². The second kappa shape index (κ2) is 36.3. The van der Waals surface area contributed by atoms with E-state index in [4.69, 9.17) is 28.5 Å². The number of hydrogen-bond donors (Lipinski definition) is 0. The number of aldehydes is 1. The molecule has 1 aromatic carbocycles. The third-order valence-electron chi connectivity index (χ3n) is 7.26. The molecule has 0 radical (unpaired) electrons. The minimum absolute atomic E-state index is 0.0326. The number of para-hydroxylation sites is 1. The Kier molecular flexibility index (Phi) is 33.1. The topological polar surface area (TPSA) is 257 Å². The van der Waals surface area contributed by atoms with Crippen LogP contribution in [0.4, 0.5) is 4.79 Å². The summed E-state index contributed by atoms with van der Waals surface area (Å²) in [5, 5.41) is 8.57. The summed E-state index contributed by atoms with van der Waals surface area (Å²) in [5.74, 6) is -3.06. The van der Waals surface area contributed by atoms with Gasteiger partial charge in [0, 0.05) is 71.7 Å². The van der Waals surface area contributed by atoms with Crippen molar-refractivity contribution < 1.29 is 81.3 Å². The van der Waals surface area contributed by atoms with Gasteiger partial charge in [-0.15, -0.1) is 15.2 Å². The van der Waals surface area contributed by atoms with E-state index in [0.717, 1.165) is 24.3 Å². The van der Waals surface area contributed by atoms with Crippen LogP contribution < -0.4 is 4.84 Å². The summed E-state index contributed by atoms with van der Waals surface area (Å²) in [6.07, 6.45) is 1.96. The Morgan fingerprint density at radius 1 is 0.661 bits per heavy atom. The molecular formula is C40H63N5O17. The van der Waals surface area contributed by atoms with E-state index in [0.29, 0.717) is 73.6 Å². The minimum Gasteiger partial charge on any atom is -0.433 e. The van der Waals surface area contributed by atoms with Gasteiger partial charge >= 0.3 is 18.1 Å². The molecule has 1 aromatic heterocycles. The van der Waals surface area contributed by atoms with Crippen LogP contribution in [0.3, 0.4) is 0 Å². The molecule has 62 heavy (non-hydrogen) atoms. The molecule has 2 saturated heterocycles. The number of amides is 4. The molecule has 2 aromatic rings. The zero-order chi connectivity index (χ0) is 46.5. The maximum absolute atomic E-state index is 11.2. The van der Waals surface area contributed by atoms with Crippen LogP contribution in [0.15, 0.2) is 24.3 Å². The predicted octanol–water partition coefficient (Wildman–Crippen LogP) is 3.51. The standard InChI is InChI=1S/C10H15NO5.C9H9N3O3.C9H13NO5.C7H16O2.C5H10O2/c1-2-15-7-3-4-10(14)16-11-8(12)5-6-9(11)13;1-2-14-9(13)15-12-8-6-4-3-5-7(8)10-11-12;1-2-14-6-5-9(13)15-10-7(11)3-4-8(10)12;1-4-8-6-7(3)9-5-2;1-2-7-5-3-4-6/h2-7H2,1H3;3-6H,2H2,1H3;2-6H2,1H3;7H,4-6H2,1-3H3;4H,2-3,5H2,1H3. The van der Waals surface area contributed by atoms with Crippen molar-refractivity contribution in [3.63, 3.8) is 0 Å². The summed E-state index contributed by atoms with van der Waals surface area (Å²) in [4.78, 5) is 102. The summed E-state index contributed by atoms with van der Waals surface area (Å²) >= 11 is 0. The lowest BCUT2D eigenvalue weighted by Crippen LogP contribution is -2.32. The van der Waals surface area contributed by atoms with Crippen LogP contribution in [-0.4, -0.2) is 145 Å². The molecule has 1 atom stereocenters. The molecule has 0 saturated carbocycles. The minimum atomic E-state index is -0.798. The quantitative estimate of drug-likeness (QED) is 0.0539. The van der Waals surface area contributed by atoms with E-state index in [1.165, 1.54) is 0 Å². The average molecular weight is 886 g/mol. The van der Waals surface area contributed by atoms with Gasteiger partial charge in [0.25, 0.3) is 23.6 Å². The molecule has 2 aliphatic rings. The normalized spacial score (nSPS) is 13.3. The van der Waals surface area contributed by atoms with E-state index in [1.54, 1.807) is 32.0 Å². The molecule has 0 aliphatic carbocycles. The van der Waals surface area contributed by atoms with Gasteiger partial charge in [0.05, 0.1) is 45.4 Å².